The Kier molecular flexibility index (Phi) is 7.43. The van der Waals surface area contributed by atoms with Crippen molar-refractivity contribution in [2.75, 3.05) is 32.1 Å². The van der Waals surface area contributed by atoms with Crippen LogP contribution in [0.4, 0.5) is 5.69 Å². The topological polar surface area (TPSA) is 104 Å². The van der Waals surface area contributed by atoms with Crippen molar-refractivity contribution in [3.05, 3.63) is 29.3 Å². The monoisotopic (exact) mass is 387 g/mol. The van der Waals surface area contributed by atoms with Crippen molar-refractivity contribution in [2.45, 2.75) is 31.7 Å². The molecule has 1 saturated heterocycles. The van der Waals surface area contributed by atoms with E-state index in [1.165, 1.54) is 19.0 Å². The van der Waals surface area contributed by atoms with E-state index in [-0.39, 0.29) is 35.7 Å². The van der Waals surface area contributed by atoms with Crippen molar-refractivity contribution >= 4 is 35.9 Å². The molecule has 0 aromatic heterocycles. The number of aldehydes is 2. The summed E-state index contributed by atoms with van der Waals surface area (Å²) in [6.07, 6.45) is 2.57. The summed E-state index contributed by atoms with van der Waals surface area (Å²) in [5.74, 6) is -0.627. The molecule has 8 nitrogen and oxygen atoms in total. The fraction of sp³-hybridized carbons (Fsp3) is 0.450. The Labute approximate surface area is 163 Å². The van der Waals surface area contributed by atoms with E-state index in [2.05, 4.69) is 5.32 Å². The molecule has 1 atom stereocenters. The van der Waals surface area contributed by atoms with Crippen LogP contribution in [0.3, 0.4) is 0 Å². The van der Waals surface area contributed by atoms with E-state index >= 15 is 0 Å². The average Bonchev–Trinajstić information content (AvgIpc) is 2.73. The van der Waals surface area contributed by atoms with E-state index in [1.807, 2.05) is 4.90 Å². The number of nitrogens with one attached hydrogen (secondary N) is 1. The molecule has 1 aliphatic rings. The number of rotatable bonds is 8. The maximum Gasteiger partial charge on any atom is 0.255 e. The van der Waals surface area contributed by atoms with Crippen molar-refractivity contribution < 1.29 is 24.0 Å². The van der Waals surface area contributed by atoms with Crippen molar-refractivity contribution in [2.24, 2.45) is 0 Å². The first-order valence-electron chi connectivity index (χ1n) is 9.21. The summed E-state index contributed by atoms with van der Waals surface area (Å²) in [7, 11) is 2.94. The quantitative estimate of drug-likeness (QED) is 0.663. The zero-order valence-corrected chi connectivity index (χ0v) is 16.1. The molecule has 0 spiro atoms. The van der Waals surface area contributed by atoms with Gasteiger partial charge in [0.15, 0.2) is 6.29 Å². The van der Waals surface area contributed by atoms with Crippen LogP contribution in [0.1, 0.15) is 46.4 Å². The van der Waals surface area contributed by atoms with E-state index in [0.29, 0.717) is 38.5 Å². The molecule has 1 fully saturated rings. The Morgan fingerprint density at radius 2 is 1.93 bits per heavy atom. The van der Waals surface area contributed by atoms with Gasteiger partial charge in [-0.05, 0) is 24.6 Å². The Morgan fingerprint density at radius 1 is 1.25 bits per heavy atom. The molecule has 0 radical (unpaired) electrons. The SMILES string of the molecule is CNC(=O)C(CCC=O)N(C)C(=O)c1ccc(N2CCC(=O)CC2)cc1C=O. The van der Waals surface area contributed by atoms with Crippen LogP contribution >= 0.6 is 0 Å². The van der Waals surface area contributed by atoms with Gasteiger partial charge in [-0.25, -0.2) is 0 Å². The maximum absolute atomic E-state index is 12.9. The molecule has 1 N–H and O–H groups in total. The number of Topliss-reactive ketones (excluding diaryl/α,β-unsaturated/α-hetero) is 1. The van der Waals surface area contributed by atoms with Crippen LogP contribution in [-0.2, 0) is 14.4 Å². The van der Waals surface area contributed by atoms with Crippen molar-refractivity contribution in [1.82, 2.24) is 10.2 Å². The number of hydrogen-bond donors (Lipinski definition) is 1. The van der Waals surface area contributed by atoms with Crippen LogP contribution in [0.15, 0.2) is 18.2 Å². The molecule has 8 heteroatoms. The van der Waals surface area contributed by atoms with Crippen molar-refractivity contribution in [3.63, 3.8) is 0 Å². The van der Waals surface area contributed by atoms with Crippen LogP contribution in [0.5, 0.6) is 0 Å². The highest BCUT2D eigenvalue weighted by molar-refractivity contribution is 6.03. The van der Waals surface area contributed by atoms with Crippen LogP contribution < -0.4 is 10.2 Å². The second-order valence-corrected chi connectivity index (χ2v) is 6.71. The Bertz CT molecular complexity index is 767. The molecule has 150 valence electrons. The summed E-state index contributed by atoms with van der Waals surface area (Å²) >= 11 is 0. The van der Waals surface area contributed by atoms with Crippen molar-refractivity contribution in [1.29, 1.82) is 0 Å². The third-order valence-corrected chi connectivity index (χ3v) is 4.97. The minimum Gasteiger partial charge on any atom is -0.371 e. The normalized spacial score (nSPS) is 14.9. The van der Waals surface area contributed by atoms with Gasteiger partial charge in [0.25, 0.3) is 5.91 Å². The predicted octanol–water partition coefficient (Wildman–Crippen LogP) is 0.834. The van der Waals surface area contributed by atoms with Gasteiger partial charge in [-0.1, -0.05) is 0 Å². The van der Waals surface area contributed by atoms with Gasteiger partial charge in [0.1, 0.15) is 18.1 Å². The standard InChI is InChI=1S/C20H25N3O5/c1-21-19(27)18(4-3-11-24)22(2)20(28)17-6-5-15(12-14(17)13-25)23-9-7-16(26)8-10-23/h5-6,11-13,18H,3-4,7-10H2,1-2H3,(H,21,27). The van der Waals surface area contributed by atoms with Gasteiger partial charge in [-0.2, -0.15) is 0 Å². The average molecular weight is 387 g/mol. The third kappa shape index (κ3) is 4.82. The fourth-order valence-corrected chi connectivity index (χ4v) is 3.28. The van der Waals surface area contributed by atoms with E-state index in [0.717, 1.165) is 5.69 Å². The minimum absolute atomic E-state index is 0.142. The summed E-state index contributed by atoms with van der Waals surface area (Å²) in [6, 6.07) is 4.12. The van der Waals surface area contributed by atoms with E-state index in [9.17, 15) is 24.0 Å². The van der Waals surface area contributed by atoms with Crippen molar-refractivity contribution in [3.8, 4) is 0 Å². The van der Waals surface area contributed by atoms with E-state index < -0.39 is 11.9 Å². The molecule has 0 saturated carbocycles. The molecule has 1 aromatic rings. The number of carbonyl (C=O) groups is 5. The van der Waals surface area contributed by atoms with Gasteiger partial charge in [0.2, 0.25) is 5.91 Å². The highest BCUT2D eigenvalue weighted by Gasteiger charge is 2.28. The summed E-state index contributed by atoms with van der Waals surface area (Å²) in [6.45, 7) is 1.16. The van der Waals surface area contributed by atoms with Crippen LogP contribution in [0.25, 0.3) is 0 Å². The minimum atomic E-state index is -0.810. The number of nitrogens with zero attached hydrogens (tertiary/aromatic N) is 2. The molecule has 2 amide bonds. The number of likely N-dealkylation sites (N-methyl/N-ethyl adjacent to an activating group) is 2. The highest BCUT2D eigenvalue weighted by Crippen LogP contribution is 2.23. The van der Waals surface area contributed by atoms with E-state index in [4.69, 9.17) is 0 Å². The fourth-order valence-electron chi connectivity index (χ4n) is 3.28. The van der Waals surface area contributed by atoms with Crippen LogP contribution in [0, 0.1) is 0 Å². The molecule has 0 bridgehead atoms. The van der Waals surface area contributed by atoms with Gasteiger partial charge >= 0.3 is 0 Å². The molecule has 0 aliphatic carbocycles. The van der Waals surface area contributed by atoms with E-state index in [1.54, 1.807) is 18.2 Å². The Morgan fingerprint density at radius 3 is 2.50 bits per heavy atom. The second kappa shape index (κ2) is 9.77. The van der Waals surface area contributed by atoms with Gasteiger partial charge < -0.3 is 19.9 Å². The Balaban J connectivity index is 2.25. The van der Waals surface area contributed by atoms with Gasteiger partial charge in [0.05, 0.1) is 5.56 Å². The number of benzene rings is 1. The van der Waals surface area contributed by atoms with Crippen LogP contribution in [-0.4, -0.2) is 68.3 Å². The molecule has 1 unspecified atom stereocenters. The summed E-state index contributed by atoms with van der Waals surface area (Å²) in [4.78, 5) is 62.0. The second-order valence-electron chi connectivity index (χ2n) is 6.71. The lowest BCUT2D eigenvalue weighted by atomic mass is 10.0. The first kappa shape index (κ1) is 21.3. The zero-order valence-electron chi connectivity index (χ0n) is 16.1. The number of amides is 2. The largest absolute Gasteiger partial charge is 0.371 e. The number of ketones is 1. The number of piperidine rings is 1. The molecule has 1 aromatic carbocycles. The Hall–Kier alpha value is -3.03. The molecular formula is C20H25N3O5. The lowest BCUT2D eigenvalue weighted by Crippen LogP contribution is -2.47. The summed E-state index contributed by atoms with van der Waals surface area (Å²) in [5, 5.41) is 2.49. The maximum atomic E-state index is 12.9. The lowest BCUT2D eigenvalue weighted by molar-refractivity contribution is -0.125. The molecule has 1 heterocycles. The predicted molar refractivity (Wildman–Crippen MR) is 104 cm³/mol. The van der Waals surface area contributed by atoms with Crippen LogP contribution in [0.2, 0.25) is 0 Å². The highest BCUT2D eigenvalue weighted by atomic mass is 16.2. The van der Waals surface area contributed by atoms with Gasteiger partial charge in [0, 0.05) is 57.7 Å². The molecule has 2 rings (SSSR count). The molecular weight excluding hydrogens is 362 g/mol. The smallest absolute Gasteiger partial charge is 0.255 e. The first-order chi connectivity index (χ1) is 13.4. The molecule has 28 heavy (non-hydrogen) atoms. The zero-order chi connectivity index (χ0) is 20.7. The van der Waals surface area contributed by atoms with Gasteiger partial charge in [-0.15, -0.1) is 0 Å². The molecule has 1 aliphatic heterocycles. The third-order valence-electron chi connectivity index (χ3n) is 4.97. The number of hydrogen-bond acceptors (Lipinski definition) is 6. The summed E-state index contributed by atoms with van der Waals surface area (Å²) < 4.78 is 0. The number of carbonyl (C=O) groups excluding carboxylic acids is 5. The van der Waals surface area contributed by atoms with Gasteiger partial charge in [-0.3, -0.25) is 19.2 Å². The lowest BCUT2D eigenvalue weighted by Gasteiger charge is -2.29. The summed E-state index contributed by atoms with van der Waals surface area (Å²) in [5.41, 5.74) is 1.18. The number of anilines is 1. The first-order valence-corrected chi connectivity index (χ1v) is 9.21.